The van der Waals surface area contributed by atoms with Gasteiger partial charge in [-0.15, -0.1) is 0 Å². The van der Waals surface area contributed by atoms with Gasteiger partial charge in [-0.2, -0.15) is 18.2 Å². The number of benzene rings is 1. The second-order valence-electron chi connectivity index (χ2n) is 7.89. The Kier molecular flexibility index (Phi) is 7.65. The predicted molar refractivity (Wildman–Crippen MR) is 136 cm³/mol. The summed E-state index contributed by atoms with van der Waals surface area (Å²) in [6.07, 6.45) is 1.53. The molecule has 4 aromatic heterocycles. The Morgan fingerprint density at radius 2 is 1.88 bits per heavy atom. The van der Waals surface area contributed by atoms with Gasteiger partial charge < -0.3 is 20.1 Å². The molecule has 4 heterocycles. The molecule has 0 bridgehead atoms. The minimum absolute atomic E-state index is 0. The van der Waals surface area contributed by atoms with Gasteiger partial charge in [0.2, 0.25) is 5.91 Å². The minimum Gasteiger partial charge on any atom is -0.344 e. The summed E-state index contributed by atoms with van der Waals surface area (Å²) in [7, 11) is 0. The third-order valence-electron chi connectivity index (χ3n) is 5.46. The van der Waals surface area contributed by atoms with E-state index in [4.69, 9.17) is 0 Å². The zero-order valence-electron chi connectivity index (χ0n) is 19.7. The Morgan fingerprint density at radius 1 is 1.07 bits per heavy atom. The molecule has 0 aliphatic carbocycles. The van der Waals surface area contributed by atoms with Gasteiger partial charge in [0, 0.05) is 30.7 Å². The molecular formula is C25H20F3N9O3. The highest BCUT2D eigenvalue weighted by molar-refractivity contribution is 6.00. The Hall–Kier alpha value is -5.47. The zero-order valence-corrected chi connectivity index (χ0v) is 19.7. The van der Waals surface area contributed by atoms with E-state index in [-0.39, 0.29) is 47.4 Å². The number of nitrogens with one attached hydrogen (secondary N) is 3. The third kappa shape index (κ3) is 5.52. The molecular weight excluding hydrogens is 531 g/mol. The highest BCUT2D eigenvalue weighted by Crippen LogP contribution is 2.37. The van der Waals surface area contributed by atoms with E-state index in [9.17, 15) is 22.8 Å². The van der Waals surface area contributed by atoms with E-state index in [0.29, 0.717) is 11.1 Å². The van der Waals surface area contributed by atoms with E-state index in [2.05, 4.69) is 56.8 Å². The van der Waals surface area contributed by atoms with Crippen molar-refractivity contribution in [3.63, 3.8) is 0 Å². The highest BCUT2D eigenvalue weighted by atomic mass is 19.4. The van der Waals surface area contributed by atoms with Crippen LogP contribution < -0.4 is 10.6 Å². The van der Waals surface area contributed by atoms with Gasteiger partial charge in [-0.1, -0.05) is 31.3 Å². The number of alkyl halides is 3. The molecule has 12 nitrogen and oxygen atoms in total. The normalized spacial score (nSPS) is 11.1. The Labute approximate surface area is 223 Å². The van der Waals surface area contributed by atoms with Crippen molar-refractivity contribution in [1.82, 2.24) is 40.4 Å². The molecule has 0 spiro atoms. The monoisotopic (exact) mass is 551 g/mol. The van der Waals surface area contributed by atoms with Gasteiger partial charge in [0.25, 0.3) is 0 Å². The molecule has 15 heteroatoms. The van der Waals surface area contributed by atoms with Crippen molar-refractivity contribution < 1.29 is 27.3 Å². The lowest BCUT2D eigenvalue weighted by atomic mass is 9.98. The number of carbonyl (C=O) groups is 2. The SMILES string of the molecule is C.C=CC(=O)Nc1nccnc1-c1nc2nccc(-c3ccc(CNC(=O)c4ncno4)c(C(F)(F)F)c3)c2[nH]1. The van der Waals surface area contributed by atoms with Crippen LogP contribution in [0.2, 0.25) is 0 Å². The third-order valence-corrected chi connectivity index (χ3v) is 5.46. The van der Waals surface area contributed by atoms with Crippen LogP contribution in [-0.2, 0) is 17.5 Å². The van der Waals surface area contributed by atoms with Crippen molar-refractivity contribution in [2.75, 3.05) is 5.32 Å². The van der Waals surface area contributed by atoms with Gasteiger partial charge in [-0.25, -0.2) is 19.9 Å². The molecule has 0 fully saturated rings. The first kappa shape index (κ1) is 27.6. The topological polar surface area (TPSA) is 164 Å². The number of nitrogens with zero attached hydrogens (tertiary/aromatic N) is 6. The number of halogens is 3. The maximum absolute atomic E-state index is 14.0. The number of aromatic amines is 1. The van der Waals surface area contributed by atoms with Crippen LogP contribution in [0.5, 0.6) is 0 Å². The number of fused-ring (bicyclic) bond motifs is 1. The van der Waals surface area contributed by atoms with Crippen molar-refractivity contribution in [1.29, 1.82) is 0 Å². The fourth-order valence-electron chi connectivity index (χ4n) is 3.72. The molecule has 0 unspecified atom stereocenters. The molecule has 5 rings (SSSR count). The van der Waals surface area contributed by atoms with Crippen LogP contribution in [0.3, 0.4) is 0 Å². The number of aromatic nitrogens is 7. The molecule has 0 saturated heterocycles. The Bertz CT molecular complexity index is 1700. The van der Waals surface area contributed by atoms with E-state index in [1.54, 1.807) is 0 Å². The second kappa shape index (κ2) is 11.1. The lowest BCUT2D eigenvalue weighted by molar-refractivity contribution is -0.138. The number of hydrogen-bond acceptors (Lipinski definition) is 9. The maximum atomic E-state index is 14.0. The number of amides is 2. The fraction of sp³-hybridized carbons (Fsp3) is 0.120. The maximum Gasteiger partial charge on any atom is 0.416 e. The number of rotatable bonds is 7. The summed E-state index contributed by atoms with van der Waals surface area (Å²) in [6, 6.07) is 5.26. The van der Waals surface area contributed by atoms with E-state index >= 15 is 0 Å². The molecule has 5 aromatic rings. The summed E-state index contributed by atoms with van der Waals surface area (Å²) in [5.41, 5.74) is 0.224. The van der Waals surface area contributed by atoms with Crippen LogP contribution in [0.1, 0.15) is 29.2 Å². The lowest BCUT2D eigenvalue weighted by Gasteiger charge is -2.15. The molecule has 2 amide bonds. The molecule has 40 heavy (non-hydrogen) atoms. The first-order valence-electron chi connectivity index (χ1n) is 11.1. The Balaban J connectivity index is 0.00000370. The summed E-state index contributed by atoms with van der Waals surface area (Å²) >= 11 is 0. The van der Waals surface area contributed by atoms with E-state index < -0.39 is 30.1 Å². The average Bonchev–Trinajstić information content (AvgIpc) is 3.62. The van der Waals surface area contributed by atoms with Gasteiger partial charge >= 0.3 is 18.0 Å². The van der Waals surface area contributed by atoms with E-state index in [1.807, 2.05) is 0 Å². The van der Waals surface area contributed by atoms with Crippen molar-refractivity contribution in [2.45, 2.75) is 20.1 Å². The van der Waals surface area contributed by atoms with Crippen LogP contribution in [0.25, 0.3) is 33.8 Å². The van der Waals surface area contributed by atoms with Crippen molar-refractivity contribution in [3.05, 3.63) is 78.9 Å². The van der Waals surface area contributed by atoms with E-state index in [0.717, 1.165) is 18.5 Å². The zero-order chi connectivity index (χ0) is 27.6. The highest BCUT2D eigenvalue weighted by Gasteiger charge is 2.34. The average molecular weight is 551 g/mol. The summed E-state index contributed by atoms with van der Waals surface area (Å²) < 4.78 is 46.7. The van der Waals surface area contributed by atoms with Gasteiger partial charge in [0.15, 0.2) is 23.6 Å². The first-order valence-corrected chi connectivity index (χ1v) is 11.1. The summed E-state index contributed by atoms with van der Waals surface area (Å²) in [5.74, 6) is -1.40. The first-order chi connectivity index (χ1) is 18.7. The van der Waals surface area contributed by atoms with Gasteiger partial charge in [0.1, 0.15) is 5.69 Å². The number of hydrogen-bond donors (Lipinski definition) is 3. The van der Waals surface area contributed by atoms with Crippen LogP contribution in [0.4, 0.5) is 19.0 Å². The van der Waals surface area contributed by atoms with Crippen molar-refractivity contribution in [3.8, 4) is 22.6 Å². The molecule has 0 radical (unpaired) electrons. The molecule has 0 aliphatic heterocycles. The quantitative estimate of drug-likeness (QED) is 0.252. The predicted octanol–water partition coefficient (Wildman–Crippen LogP) is 4.17. The number of pyridine rings is 1. The molecule has 0 saturated carbocycles. The largest absolute Gasteiger partial charge is 0.416 e. The van der Waals surface area contributed by atoms with Crippen molar-refractivity contribution >= 4 is 28.8 Å². The molecule has 0 atom stereocenters. The number of anilines is 1. The van der Waals surface area contributed by atoms with Crippen LogP contribution >= 0.6 is 0 Å². The van der Waals surface area contributed by atoms with Gasteiger partial charge in [0.05, 0.1) is 11.1 Å². The number of imidazole rings is 1. The fourth-order valence-corrected chi connectivity index (χ4v) is 3.72. The van der Waals surface area contributed by atoms with Crippen LogP contribution in [0, 0.1) is 0 Å². The molecule has 0 aliphatic rings. The summed E-state index contributed by atoms with van der Waals surface area (Å²) in [4.78, 5) is 47.3. The number of H-pyrrole nitrogens is 1. The van der Waals surface area contributed by atoms with E-state index in [1.165, 1.54) is 36.8 Å². The molecule has 204 valence electrons. The second-order valence-corrected chi connectivity index (χ2v) is 7.89. The minimum atomic E-state index is -4.72. The lowest BCUT2D eigenvalue weighted by Crippen LogP contribution is -2.24. The summed E-state index contributed by atoms with van der Waals surface area (Å²) in [6.45, 7) is 2.97. The van der Waals surface area contributed by atoms with Gasteiger partial charge in [-0.05, 0) is 29.3 Å². The molecule has 1 aromatic carbocycles. The van der Waals surface area contributed by atoms with Crippen LogP contribution in [0.15, 0.2) is 66.4 Å². The van der Waals surface area contributed by atoms with Crippen molar-refractivity contribution in [2.24, 2.45) is 0 Å². The summed E-state index contributed by atoms with van der Waals surface area (Å²) in [5, 5.41) is 8.16. The number of carbonyl (C=O) groups excluding carboxylic acids is 2. The molecule has 3 N–H and O–H groups in total. The smallest absolute Gasteiger partial charge is 0.344 e. The standard InChI is InChI=1S/C24H16F3N9O3.CH4/c1-2-16(37)34-20-18(28-7-8-30-20)21-35-17-14(5-6-29-19(17)36-21)12-3-4-13(15(9-12)24(25,26)27)10-31-22(38)23-32-11-33-39-23;/h2-9,11H,1,10H2,(H,31,38)(H,29,35,36)(H,30,34,37);1H4. The van der Waals surface area contributed by atoms with Crippen LogP contribution in [-0.4, -0.2) is 46.9 Å². The van der Waals surface area contributed by atoms with Gasteiger partial charge in [-0.3, -0.25) is 9.59 Å². The Morgan fingerprint density at radius 3 is 2.60 bits per heavy atom.